The summed E-state index contributed by atoms with van der Waals surface area (Å²) in [5.74, 6) is -0.113. The van der Waals surface area contributed by atoms with Crippen molar-refractivity contribution in [2.24, 2.45) is 5.73 Å². The average molecular weight is 235 g/mol. The van der Waals surface area contributed by atoms with Gasteiger partial charge < -0.3 is 5.73 Å². The molecule has 1 aliphatic rings. The van der Waals surface area contributed by atoms with E-state index < -0.39 is 0 Å². The van der Waals surface area contributed by atoms with Gasteiger partial charge in [0.15, 0.2) is 0 Å². The molecular formula is C15H22FN. The Balaban J connectivity index is 2.38. The van der Waals surface area contributed by atoms with E-state index >= 15 is 0 Å². The van der Waals surface area contributed by atoms with Crippen molar-refractivity contribution >= 4 is 0 Å². The van der Waals surface area contributed by atoms with E-state index in [1.807, 2.05) is 0 Å². The molecule has 1 aromatic rings. The van der Waals surface area contributed by atoms with Gasteiger partial charge in [-0.15, -0.1) is 0 Å². The summed E-state index contributed by atoms with van der Waals surface area (Å²) in [6.45, 7) is 2.70. The van der Waals surface area contributed by atoms with E-state index in [0.717, 1.165) is 30.4 Å². The first-order chi connectivity index (χ1) is 8.20. The molecule has 94 valence electrons. The van der Waals surface area contributed by atoms with Crippen molar-refractivity contribution in [1.82, 2.24) is 0 Å². The van der Waals surface area contributed by atoms with Crippen molar-refractivity contribution in [2.45, 2.75) is 50.9 Å². The van der Waals surface area contributed by atoms with Crippen LogP contribution in [0, 0.1) is 5.82 Å². The molecule has 0 bridgehead atoms. The van der Waals surface area contributed by atoms with Crippen LogP contribution in [0.5, 0.6) is 0 Å². The molecule has 17 heavy (non-hydrogen) atoms. The lowest BCUT2D eigenvalue weighted by Crippen LogP contribution is -2.37. The minimum absolute atomic E-state index is 0.0320. The van der Waals surface area contributed by atoms with E-state index in [0.29, 0.717) is 6.54 Å². The predicted octanol–water partition coefficient (Wildman–Crippen LogP) is 3.55. The molecule has 1 aromatic carbocycles. The Kier molecular flexibility index (Phi) is 3.82. The van der Waals surface area contributed by atoms with E-state index in [9.17, 15) is 4.39 Å². The third-order valence-electron chi connectivity index (χ3n) is 4.18. The summed E-state index contributed by atoms with van der Waals surface area (Å²) in [7, 11) is 0. The SMILES string of the molecule is CCc1cc(F)cc(C2(CN)CCCCC2)c1. The highest BCUT2D eigenvalue weighted by molar-refractivity contribution is 5.32. The number of hydrogen-bond acceptors (Lipinski definition) is 1. The Bertz CT molecular complexity index is 381. The molecule has 0 aliphatic heterocycles. The summed E-state index contributed by atoms with van der Waals surface area (Å²) < 4.78 is 13.6. The Hall–Kier alpha value is -0.890. The lowest BCUT2D eigenvalue weighted by molar-refractivity contribution is 0.299. The van der Waals surface area contributed by atoms with Gasteiger partial charge in [-0.3, -0.25) is 0 Å². The lowest BCUT2D eigenvalue weighted by atomic mass is 9.69. The van der Waals surface area contributed by atoms with Crippen LogP contribution >= 0.6 is 0 Å². The van der Waals surface area contributed by atoms with Crippen molar-refractivity contribution in [2.75, 3.05) is 6.54 Å². The summed E-state index contributed by atoms with van der Waals surface area (Å²) in [5, 5.41) is 0. The van der Waals surface area contributed by atoms with Gasteiger partial charge in [-0.2, -0.15) is 0 Å². The van der Waals surface area contributed by atoms with Gasteiger partial charge in [-0.1, -0.05) is 32.3 Å². The average Bonchev–Trinajstić information content (AvgIpc) is 2.38. The van der Waals surface area contributed by atoms with Gasteiger partial charge in [0.25, 0.3) is 0 Å². The van der Waals surface area contributed by atoms with Crippen molar-refractivity contribution in [1.29, 1.82) is 0 Å². The second kappa shape index (κ2) is 5.18. The van der Waals surface area contributed by atoms with Crippen LogP contribution in [-0.2, 0) is 11.8 Å². The molecule has 0 spiro atoms. The molecule has 2 N–H and O–H groups in total. The highest BCUT2D eigenvalue weighted by Crippen LogP contribution is 2.39. The molecule has 0 unspecified atom stereocenters. The maximum Gasteiger partial charge on any atom is 0.123 e. The lowest BCUT2D eigenvalue weighted by Gasteiger charge is -2.37. The molecule has 1 fully saturated rings. The number of halogens is 1. The fourth-order valence-corrected chi connectivity index (χ4v) is 3.00. The number of benzene rings is 1. The van der Waals surface area contributed by atoms with Gasteiger partial charge in [0.05, 0.1) is 0 Å². The van der Waals surface area contributed by atoms with E-state index in [2.05, 4.69) is 13.0 Å². The predicted molar refractivity (Wildman–Crippen MR) is 69.6 cm³/mol. The molecule has 0 atom stereocenters. The van der Waals surface area contributed by atoms with Crippen LogP contribution in [-0.4, -0.2) is 6.54 Å². The van der Waals surface area contributed by atoms with Gasteiger partial charge in [-0.25, -0.2) is 4.39 Å². The summed E-state index contributed by atoms with van der Waals surface area (Å²) in [4.78, 5) is 0. The minimum Gasteiger partial charge on any atom is -0.330 e. The van der Waals surface area contributed by atoms with E-state index in [1.165, 1.54) is 19.3 Å². The number of rotatable bonds is 3. The molecule has 0 saturated heterocycles. The normalized spacial score (nSPS) is 19.2. The second-order valence-electron chi connectivity index (χ2n) is 5.25. The first-order valence-electron chi connectivity index (χ1n) is 6.70. The van der Waals surface area contributed by atoms with Gasteiger partial charge >= 0.3 is 0 Å². The summed E-state index contributed by atoms with van der Waals surface area (Å²) in [5.41, 5.74) is 8.23. The van der Waals surface area contributed by atoms with Crippen LogP contribution in [0.2, 0.25) is 0 Å². The Labute approximate surface area is 103 Å². The first-order valence-corrected chi connectivity index (χ1v) is 6.70. The molecule has 2 rings (SSSR count). The topological polar surface area (TPSA) is 26.0 Å². The molecular weight excluding hydrogens is 213 g/mol. The van der Waals surface area contributed by atoms with Gasteiger partial charge in [0.2, 0.25) is 0 Å². The Morgan fingerprint density at radius 3 is 2.47 bits per heavy atom. The van der Waals surface area contributed by atoms with Crippen LogP contribution in [0.25, 0.3) is 0 Å². The monoisotopic (exact) mass is 235 g/mol. The highest BCUT2D eigenvalue weighted by atomic mass is 19.1. The maximum absolute atomic E-state index is 13.6. The first kappa shape index (κ1) is 12.6. The molecule has 1 nitrogen and oxygen atoms in total. The molecule has 1 saturated carbocycles. The van der Waals surface area contributed by atoms with E-state index in [-0.39, 0.29) is 11.2 Å². The molecule has 0 aromatic heterocycles. The van der Waals surface area contributed by atoms with Crippen LogP contribution in [0.15, 0.2) is 18.2 Å². The zero-order valence-electron chi connectivity index (χ0n) is 10.6. The van der Waals surface area contributed by atoms with Gasteiger partial charge in [0, 0.05) is 12.0 Å². The third kappa shape index (κ3) is 2.52. The standard InChI is InChI=1S/C15H22FN/c1-2-12-8-13(10-14(16)9-12)15(11-17)6-4-3-5-7-15/h8-10H,2-7,11,17H2,1H3. The molecule has 0 heterocycles. The molecule has 0 radical (unpaired) electrons. The smallest absolute Gasteiger partial charge is 0.123 e. The Morgan fingerprint density at radius 2 is 1.88 bits per heavy atom. The molecule has 2 heteroatoms. The van der Waals surface area contributed by atoms with Gasteiger partial charge in [0.1, 0.15) is 5.82 Å². The minimum atomic E-state index is -0.113. The third-order valence-corrected chi connectivity index (χ3v) is 4.18. The van der Waals surface area contributed by atoms with Crippen LogP contribution < -0.4 is 5.73 Å². The molecule has 0 amide bonds. The van der Waals surface area contributed by atoms with Crippen LogP contribution in [0.4, 0.5) is 4.39 Å². The number of hydrogen-bond donors (Lipinski definition) is 1. The summed E-state index contributed by atoms with van der Waals surface area (Å²) in [6.07, 6.45) is 6.82. The Morgan fingerprint density at radius 1 is 1.18 bits per heavy atom. The van der Waals surface area contributed by atoms with E-state index in [1.54, 1.807) is 12.1 Å². The van der Waals surface area contributed by atoms with Crippen molar-refractivity contribution in [3.8, 4) is 0 Å². The quantitative estimate of drug-likeness (QED) is 0.852. The zero-order valence-corrected chi connectivity index (χ0v) is 10.6. The molecule has 1 aliphatic carbocycles. The van der Waals surface area contributed by atoms with Gasteiger partial charge in [-0.05, 0) is 42.5 Å². The number of aryl methyl sites for hydroxylation is 1. The largest absolute Gasteiger partial charge is 0.330 e. The summed E-state index contributed by atoms with van der Waals surface area (Å²) in [6, 6.07) is 5.48. The van der Waals surface area contributed by atoms with Crippen molar-refractivity contribution in [3.05, 3.63) is 35.1 Å². The number of nitrogens with two attached hydrogens (primary N) is 1. The fourth-order valence-electron chi connectivity index (χ4n) is 3.00. The fraction of sp³-hybridized carbons (Fsp3) is 0.600. The van der Waals surface area contributed by atoms with Crippen LogP contribution in [0.3, 0.4) is 0 Å². The van der Waals surface area contributed by atoms with Crippen LogP contribution in [0.1, 0.15) is 50.2 Å². The summed E-state index contributed by atoms with van der Waals surface area (Å²) >= 11 is 0. The zero-order chi connectivity index (χ0) is 12.3. The second-order valence-corrected chi connectivity index (χ2v) is 5.25. The highest BCUT2D eigenvalue weighted by Gasteiger charge is 2.32. The van der Waals surface area contributed by atoms with Crippen molar-refractivity contribution < 1.29 is 4.39 Å². The van der Waals surface area contributed by atoms with Crippen molar-refractivity contribution in [3.63, 3.8) is 0 Å². The van der Waals surface area contributed by atoms with E-state index in [4.69, 9.17) is 5.73 Å². The maximum atomic E-state index is 13.6.